The van der Waals surface area contributed by atoms with Crippen molar-refractivity contribution in [3.63, 3.8) is 0 Å². The summed E-state index contributed by atoms with van der Waals surface area (Å²) in [5, 5.41) is 12.1. The molecule has 18 heavy (non-hydrogen) atoms. The summed E-state index contributed by atoms with van der Waals surface area (Å²) in [4.78, 5) is 10.5. The molecule has 2 N–H and O–H groups in total. The molecule has 1 aromatic rings. The maximum absolute atomic E-state index is 10.5. The van der Waals surface area contributed by atoms with Gasteiger partial charge in [0.15, 0.2) is 0 Å². The third-order valence-electron chi connectivity index (χ3n) is 2.91. The van der Waals surface area contributed by atoms with E-state index in [1.54, 1.807) is 0 Å². The summed E-state index contributed by atoms with van der Waals surface area (Å²) in [5.41, 5.74) is 1.35. The molecule has 3 nitrogen and oxygen atoms in total. The predicted octanol–water partition coefficient (Wildman–Crippen LogP) is 3.23. The van der Waals surface area contributed by atoms with Gasteiger partial charge in [0.1, 0.15) is 0 Å². The van der Waals surface area contributed by atoms with Crippen molar-refractivity contribution in [2.75, 3.05) is 6.54 Å². The number of carboxylic acids is 1. The molecule has 0 radical (unpaired) electrons. The van der Waals surface area contributed by atoms with E-state index in [1.165, 1.54) is 5.56 Å². The lowest BCUT2D eigenvalue weighted by atomic mass is 9.82. The third kappa shape index (κ3) is 4.88. The monoisotopic (exact) mass is 249 g/mol. The fraction of sp³-hybridized carbons (Fsp3) is 0.533. The molecular weight excluding hydrogens is 226 g/mol. The fourth-order valence-electron chi connectivity index (χ4n) is 2.06. The molecule has 0 aromatic heterocycles. The average molecular weight is 249 g/mol. The third-order valence-corrected chi connectivity index (χ3v) is 2.91. The molecule has 0 saturated carbocycles. The van der Waals surface area contributed by atoms with Crippen LogP contribution in [0.15, 0.2) is 30.3 Å². The first kappa shape index (κ1) is 14.7. The smallest absolute Gasteiger partial charge is 0.303 e. The van der Waals surface area contributed by atoms with Crippen molar-refractivity contribution in [1.29, 1.82) is 0 Å². The van der Waals surface area contributed by atoms with Crippen molar-refractivity contribution < 1.29 is 9.90 Å². The Labute approximate surface area is 109 Å². The van der Waals surface area contributed by atoms with E-state index in [0.29, 0.717) is 6.42 Å². The number of aliphatic carboxylic acids is 1. The quantitative estimate of drug-likeness (QED) is 0.761. The van der Waals surface area contributed by atoms with Gasteiger partial charge in [-0.3, -0.25) is 4.79 Å². The summed E-state index contributed by atoms with van der Waals surface area (Å²) in [6.45, 7) is 7.29. The number of carbonyl (C=O) groups is 1. The van der Waals surface area contributed by atoms with Crippen LogP contribution in [0.5, 0.6) is 0 Å². The zero-order valence-corrected chi connectivity index (χ0v) is 11.4. The number of benzene rings is 1. The van der Waals surface area contributed by atoms with Crippen LogP contribution in [-0.4, -0.2) is 17.6 Å². The van der Waals surface area contributed by atoms with Crippen molar-refractivity contribution in [1.82, 2.24) is 5.32 Å². The van der Waals surface area contributed by atoms with Gasteiger partial charge in [0.25, 0.3) is 0 Å². The molecule has 1 rings (SSSR count). The summed E-state index contributed by atoms with van der Waals surface area (Å²) in [5.74, 6) is -0.733. The van der Waals surface area contributed by atoms with E-state index in [0.717, 1.165) is 6.54 Å². The van der Waals surface area contributed by atoms with Crippen molar-refractivity contribution in [2.24, 2.45) is 5.41 Å². The van der Waals surface area contributed by atoms with Crippen LogP contribution in [0, 0.1) is 5.41 Å². The molecule has 0 heterocycles. The van der Waals surface area contributed by atoms with E-state index in [-0.39, 0.29) is 17.9 Å². The molecule has 0 aliphatic rings. The Morgan fingerprint density at radius 2 is 1.89 bits per heavy atom. The van der Waals surface area contributed by atoms with Gasteiger partial charge >= 0.3 is 5.97 Å². The standard InChI is InChI=1S/C15H23NO2/c1-15(2,3)14(12-8-5-4-6-9-12)16-11-7-10-13(17)18/h4-6,8-9,14,16H,7,10-11H2,1-3H3,(H,17,18). The predicted molar refractivity (Wildman–Crippen MR) is 73.5 cm³/mol. The molecule has 0 saturated heterocycles. The number of hydrogen-bond donors (Lipinski definition) is 2. The van der Waals surface area contributed by atoms with Gasteiger partial charge in [0, 0.05) is 12.5 Å². The molecule has 0 fully saturated rings. The minimum atomic E-state index is -0.733. The summed E-state index contributed by atoms with van der Waals surface area (Å²) in [7, 11) is 0. The van der Waals surface area contributed by atoms with Gasteiger partial charge in [-0.05, 0) is 23.9 Å². The van der Waals surface area contributed by atoms with Gasteiger partial charge < -0.3 is 10.4 Å². The molecule has 0 bridgehead atoms. The van der Waals surface area contributed by atoms with E-state index in [1.807, 2.05) is 18.2 Å². The highest BCUT2D eigenvalue weighted by atomic mass is 16.4. The summed E-state index contributed by atoms with van der Waals surface area (Å²) >= 11 is 0. The Hall–Kier alpha value is -1.35. The van der Waals surface area contributed by atoms with E-state index in [2.05, 4.69) is 38.2 Å². The Morgan fingerprint density at radius 1 is 1.28 bits per heavy atom. The van der Waals surface area contributed by atoms with Crippen LogP contribution in [0.2, 0.25) is 0 Å². The second-order valence-electron chi connectivity index (χ2n) is 5.66. The first-order valence-corrected chi connectivity index (χ1v) is 6.41. The van der Waals surface area contributed by atoms with Crippen LogP contribution in [0.25, 0.3) is 0 Å². The summed E-state index contributed by atoms with van der Waals surface area (Å²) in [6, 6.07) is 10.5. The Bertz CT molecular complexity index is 368. The van der Waals surface area contributed by atoms with Crippen LogP contribution in [0.3, 0.4) is 0 Å². The van der Waals surface area contributed by atoms with Crippen LogP contribution in [0.4, 0.5) is 0 Å². The maximum atomic E-state index is 10.5. The molecule has 1 aromatic carbocycles. The van der Waals surface area contributed by atoms with Crippen LogP contribution in [0.1, 0.15) is 45.2 Å². The normalized spacial score (nSPS) is 13.3. The van der Waals surface area contributed by atoms with Gasteiger partial charge in [-0.25, -0.2) is 0 Å². The lowest BCUT2D eigenvalue weighted by Crippen LogP contribution is -2.33. The molecule has 0 amide bonds. The van der Waals surface area contributed by atoms with Crippen LogP contribution < -0.4 is 5.32 Å². The van der Waals surface area contributed by atoms with E-state index >= 15 is 0 Å². The minimum absolute atomic E-state index is 0.102. The first-order valence-electron chi connectivity index (χ1n) is 6.41. The van der Waals surface area contributed by atoms with Gasteiger partial charge in [-0.2, -0.15) is 0 Å². The van der Waals surface area contributed by atoms with Gasteiger partial charge in [-0.15, -0.1) is 0 Å². The zero-order chi connectivity index (χ0) is 13.6. The Kier molecular flexibility index (Phi) is 5.35. The van der Waals surface area contributed by atoms with Gasteiger partial charge in [-0.1, -0.05) is 51.1 Å². The highest BCUT2D eigenvalue weighted by Crippen LogP contribution is 2.32. The number of rotatable bonds is 6. The van der Waals surface area contributed by atoms with E-state index in [4.69, 9.17) is 5.11 Å². The molecule has 100 valence electrons. The maximum Gasteiger partial charge on any atom is 0.303 e. The van der Waals surface area contributed by atoms with Crippen molar-refractivity contribution >= 4 is 5.97 Å². The highest BCUT2D eigenvalue weighted by molar-refractivity contribution is 5.66. The van der Waals surface area contributed by atoms with Crippen LogP contribution >= 0.6 is 0 Å². The highest BCUT2D eigenvalue weighted by Gasteiger charge is 2.25. The minimum Gasteiger partial charge on any atom is -0.481 e. The number of nitrogens with one attached hydrogen (secondary N) is 1. The SMILES string of the molecule is CC(C)(C)C(NCCCC(=O)O)c1ccccc1. The lowest BCUT2D eigenvalue weighted by molar-refractivity contribution is -0.137. The fourth-order valence-corrected chi connectivity index (χ4v) is 2.06. The molecular formula is C15H23NO2. The lowest BCUT2D eigenvalue weighted by Gasteiger charge is -2.32. The average Bonchev–Trinajstić information content (AvgIpc) is 2.28. The summed E-state index contributed by atoms with van der Waals surface area (Å²) < 4.78 is 0. The molecule has 0 aliphatic heterocycles. The van der Waals surface area contributed by atoms with Crippen LogP contribution in [-0.2, 0) is 4.79 Å². The second kappa shape index (κ2) is 6.55. The van der Waals surface area contributed by atoms with Crippen molar-refractivity contribution in [3.05, 3.63) is 35.9 Å². The topological polar surface area (TPSA) is 49.3 Å². The largest absolute Gasteiger partial charge is 0.481 e. The van der Waals surface area contributed by atoms with Crippen molar-refractivity contribution in [3.8, 4) is 0 Å². The zero-order valence-electron chi connectivity index (χ0n) is 11.4. The van der Waals surface area contributed by atoms with Crippen molar-refractivity contribution in [2.45, 2.75) is 39.7 Å². The van der Waals surface area contributed by atoms with Gasteiger partial charge in [0.2, 0.25) is 0 Å². The molecule has 1 atom stereocenters. The first-order chi connectivity index (χ1) is 8.41. The summed E-state index contributed by atoms with van der Waals surface area (Å²) in [6.07, 6.45) is 0.882. The molecule has 3 heteroatoms. The van der Waals surface area contributed by atoms with E-state index in [9.17, 15) is 4.79 Å². The molecule has 0 aliphatic carbocycles. The second-order valence-corrected chi connectivity index (χ2v) is 5.66. The Morgan fingerprint density at radius 3 is 2.39 bits per heavy atom. The number of carboxylic acid groups (broad SMARTS) is 1. The molecule has 0 spiro atoms. The number of hydrogen-bond acceptors (Lipinski definition) is 2. The van der Waals surface area contributed by atoms with E-state index < -0.39 is 5.97 Å². The van der Waals surface area contributed by atoms with Gasteiger partial charge in [0.05, 0.1) is 0 Å². The molecule has 1 unspecified atom stereocenters. The Balaban J connectivity index is 2.61.